The van der Waals surface area contributed by atoms with E-state index in [0.29, 0.717) is 48.3 Å². The van der Waals surface area contributed by atoms with Crippen molar-refractivity contribution in [3.05, 3.63) is 118 Å². The number of pyridine rings is 3. The number of nitrogens with one attached hydrogen (secondary N) is 2. The third kappa shape index (κ3) is 4.01. The van der Waals surface area contributed by atoms with Gasteiger partial charge in [0.25, 0.3) is 5.91 Å². The fraction of sp³-hybridized carbons (Fsp3) is 0.258. The molecule has 4 atom stereocenters. The summed E-state index contributed by atoms with van der Waals surface area (Å²) >= 11 is 0. The molecule has 2 aliphatic carbocycles. The normalized spacial score (nSPS) is 24.3. The Hall–Kier alpha value is -4.57. The van der Waals surface area contributed by atoms with Crippen LogP contribution in [0.25, 0.3) is 0 Å². The Bertz CT molecular complexity index is 1730. The highest BCUT2D eigenvalue weighted by atomic mass is 19.2. The van der Waals surface area contributed by atoms with Crippen molar-refractivity contribution in [3.8, 4) is 0 Å². The molecule has 0 bridgehead atoms. The van der Waals surface area contributed by atoms with Crippen LogP contribution in [0, 0.1) is 11.6 Å². The van der Waals surface area contributed by atoms with Crippen LogP contribution >= 0.6 is 0 Å². The number of nitrogens with zero attached hydrogens (tertiary/aromatic N) is 3. The van der Waals surface area contributed by atoms with Crippen molar-refractivity contribution in [2.45, 2.75) is 49.1 Å². The molecule has 1 aromatic carbocycles. The predicted molar refractivity (Wildman–Crippen MR) is 146 cm³/mol. The Morgan fingerprint density at radius 1 is 1.00 bits per heavy atom. The largest absolute Gasteiger partial charge is 0.344 e. The van der Waals surface area contributed by atoms with Gasteiger partial charge in [-0.3, -0.25) is 19.6 Å². The van der Waals surface area contributed by atoms with Gasteiger partial charge in [-0.25, -0.2) is 13.8 Å². The molecule has 8 nitrogen and oxygen atoms in total. The molecule has 1 unspecified atom stereocenters. The molecule has 41 heavy (non-hydrogen) atoms. The van der Waals surface area contributed by atoms with E-state index >= 15 is 0 Å². The number of anilines is 1. The van der Waals surface area contributed by atoms with Crippen LogP contribution in [0.5, 0.6) is 0 Å². The lowest BCUT2D eigenvalue weighted by atomic mass is 9.80. The number of aromatic nitrogens is 3. The van der Waals surface area contributed by atoms with Crippen LogP contribution < -0.4 is 16.4 Å². The molecule has 2 amide bonds. The zero-order valence-corrected chi connectivity index (χ0v) is 21.9. The molecule has 0 saturated heterocycles. The van der Waals surface area contributed by atoms with Crippen molar-refractivity contribution >= 4 is 17.6 Å². The van der Waals surface area contributed by atoms with Crippen molar-refractivity contribution in [1.29, 1.82) is 0 Å². The van der Waals surface area contributed by atoms with Crippen LogP contribution in [0.4, 0.5) is 14.6 Å². The number of halogens is 2. The van der Waals surface area contributed by atoms with Gasteiger partial charge in [0.15, 0.2) is 11.6 Å². The van der Waals surface area contributed by atoms with Gasteiger partial charge in [0.1, 0.15) is 5.82 Å². The molecule has 3 aromatic heterocycles. The first-order valence-electron chi connectivity index (χ1n) is 13.6. The Morgan fingerprint density at radius 2 is 1.80 bits per heavy atom. The molecule has 1 aliphatic heterocycles. The van der Waals surface area contributed by atoms with Crippen LogP contribution in [-0.4, -0.2) is 26.8 Å². The second-order valence-electron chi connectivity index (χ2n) is 11.0. The van der Waals surface area contributed by atoms with Crippen LogP contribution in [0.2, 0.25) is 0 Å². The second kappa shape index (κ2) is 9.52. The van der Waals surface area contributed by atoms with E-state index in [4.69, 9.17) is 5.73 Å². The SMILES string of the molecule is N[C@@H]1c2cccnc2[C@@H](NC(=O)c2cnc3c(c2)CC2(C3)C(=O)Nc3ncccc32)CC[C@H]1c1cccc(F)c1F. The van der Waals surface area contributed by atoms with Gasteiger partial charge in [-0.05, 0) is 60.2 Å². The van der Waals surface area contributed by atoms with Crippen molar-refractivity contribution < 1.29 is 18.4 Å². The quantitative estimate of drug-likeness (QED) is 0.328. The first-order valence-corrected chi connectivity index (χ1v) is 13.6. The maximum Gasteiger partial charge on any atom is 0.253 e. The van der Waals surface area contributed by atoms with Crippen LogP contribution in [0.3, 0.4) is 0 Å². The van der Waals surface area contributed by atoms with Crippen molar-refractivity contribution in [2.75, 3.05) is 5.32 Å². The van der Waals surface area contributed by atoms with E-state index in [0.717, 1.165) is 22.9 Å². The molecule has 0 radical (unpaired) electrons. The minimum atomic E-state index is -0.920. The van der Waals surface area contributed by atoms with Gasteiger partial charge < -0.3 is 16.4 Å². The van der Waals surface area contributed by atoms with Gasteiger partial charge >= 0.3 is 0 Å². The number of carbonyl (C=O) groups is 2. The maximum atomic E-state index is 14.8. The summed E-state index contributed by atoms with van der Waals surface area (Å²) < 4.78 is 28.8. The minimum Gasteiger partial charge on any atom is -0.344 e. The summed E-state index contributed by atoms with van der Waals surface area (Å²) in [5.41, 5.74) is 10.2. The lowest BCUT2D eigenvalue weighted by Gasteiger charge is -2.23. The number of fused-ring (bicyclic) bond motifs is 4. The highest BCUT2D eigenvalue weighted by Crippen LogP contribution is 2.46. The Morgan fingerprint density at radius 3 is 2.68 bits per heavy atom. The second-order valence-corrected chi connectivity index (χ2v) is 11.0. The number of carbonyl (C=O) groups excluding carboxylic acids is 2. The molecule has 0 saturated carbocycles. The Labute approximate surface area is 234 Å². The molecule has 10 heteroatoms. The highest BCUT2D eigenvalue weighted by molar-refractivity contribution is 6.06. The Kier molecular flexibility index (Phi) is 5.90. The van der Waals surface area contributed by atoms with Gasteiger partial charge in [-0.15, -0.1) is 0 Å². The zero-order chi connectivity index (χ0) is 28.3. The molecular formula is C31H26F2N6O2. The Balaban J connectivity index is 1.15. The van der Waals surface area contributed by atoms with Gasteiger partial charge in [0, 0.05) is 48.2 Å². The summed E-state index contributed by atoms with van der Waals surface area (Å²) in [5, 5.41) is 5.95. The molecule has 3 aliphatic rings. The summed E-state index contributed by atoms with van der Waals surface area (Å²) in [7, 11) is 0. The molecule has 4 heterocycles. The fourth-order valence-electron chi connectivity index (χ4n) is 6.66. The third-order valence-corrected chi connectivity index (χ3v) is 8.72. The lowest BCUT2D eigenvalue weighted by molar-refractivity contribution is -0.120. The summed E-state index contributed by atoms with van der Waals surface area (Å²) in [4.78, 5) is 40.0. The summed E-state index contributed by atoms with van der Waals surface area (Å²) in [6.45, 7) is 0. The predicted octanol–water partition coefficient (Wildman–Crippen LogP) is 4.19. The van der Waals surface area contributed by atoms with E-state index in [1.165, 1.54) is 12.3 Å². The van der Waals surface area contributed by atoms with Crippen LogP contribution in [0.15, 0.2) is 67.1 Å². The van der Waals surface area contributed by atoms with E-state index in [1.54, 1.807) is 30.6 Å². The molecule has 0 fully saturated rings. The maximum absolute atomic E-state index is 14.8. The molecular weight excluding hydrogens is 526 g/mol. The van der Waals surface area contributed by atoms with Gasteiger partial charge in [0.2, 0.25) is 5.91 Å². The molecule has 7 rings (SSSR count). The number of amides is 2. The lowest BCUT2D eigenvalue weighted by Crippen LogP contribution is -2.35. The van der Waals surface area contributed by atoms with E-state index in [2.05, 4.69) is 25.6 Å². The van der Waals surface area contributed by atoms with E-state index in [-0.39, 0.29) is 17.4 Å². The highest BCUT2D eigenvalue weighted by Gasteiger charge is 2.51. The number of rotatable bonds is 3. The van der Waals surface area contributed by atoms with Gasteiger partial charge in [0.05, 0.1) is 22.7 Å². The van der Waals surface area contributed by atoms with Gasteiger partial charge in [-0.1, -0.05) is 24.3 Å². The monoisotopic (exact) mass is 552 g/mol. The number of nitrogens with two attached hydrogens (primary N) is 1. The minimum absolute atomic E-state index is 0.114. The zero-order valence-electron chi connectivity index (χ0n) is 21.9. The number of hydrogen-bond donors (Lipinski definition) is 3. The molecule has 4 N–H and O–H groups in total. The summed E-state index contributed by atoms with van der Waals surface area (Å²) in [5.74, 6) is -2.21. The van der Waals surface area contributed by atoms with E-state index < -0.39 is 35.1 Å². The third-order valence-electron chi connectivity index (χ3n) is 8.72. The molecule has 4 aromatic rings. The van der Waals surface area contributed by atoms with Crippen molar-refractivity contribution in [2.24, 2.45) is 5.73 Å². The molecule has 206 valence electrons. The smallest absolute Gasteiger partial charge is 0.253 e. The van der Waals surface area contributed by atoms with Gasteiger partial charge in [-0.2, -0.15) is 0 Å². The first-order chi connectivity index (χ1) is 19.9. The van der Waals surface area contributed by atoms with E-state index in [9.17, 15) is 18.4 Å². The van der Waals surface area contributed by atoms with E-state index in [1.807, 2.05) is 18.2 Å². The average Bonchev–Trinajstić information content (AvgIpc) is 3.46. The van der Waals surface area contributed by atoms with Crippen molar-refractivity contribution in [1.82, 2.24) is 20.3 Å². The summed E-state index contributed by atoms with van der Waals surface area (Å²) in [6, 6.07) is 12.1. The van der Waals surface area contributed by atoms with Crippen molar-refractivity contribution in [3.63, 3.8) is 0 Å². The van der Waals surface area contributed by atoms with Crippen LogP contribution in [0.1, 0.15) is 74.8 Å². The standard InChI is InChI=1S/C31H26F2N6O2/c32-22-7-1-4-18(25(22)33)19-8-9-23(27-20(26(19)34)5-2-10-35-27)38-29(40)17-12-16-13-31(14-24(16)37-15-17)21-6-3-11-36-28(21)39-30(31)41/h1-7,10-12,15,19,23,26H,8-9,13-14,34H2,(H,38,40)(H,36,39,41)/t19-,23-,26-,31?/m0/s1. The number of benzene rings is 1. The summed E-state index contributed by atoms with van der Waals surface area (Å²) in [6.07, 6.45) is 6.49. The van der Waals surface area contributed by atoms with Crippen LogP contribution in [-0.2, 0) is 23.1 Å². The first kappa shape index (κ1) is 25.4. The molecule has 1 spiro atoms. The fourth-order valence-corrected chi connectivity index (χ4v) is 6.66. The topological polar surface area (TPSA) is 123 Å². The number of hydrogen-bond acceptors (Lipinski definition) is 6. The average molecular weight is 553 g/mol.